The number of carbonyl (C=O) groups is 1. The quantitative estimate of drug-likeness (QED) is 0.756. The molecule has 0 aliphatic carbocycles. The summed E-state index contributed by atoms with van der Waals surface area (Å²) in [4.78, 5) is 18.4. The molecular formula is C16H14N2O4. The van der Waals surface area contributed by atoms with Crippen LogP contribution in [-0.2, 0) is 6.61 Å². The molecule has 3 aromatic rings. The van der Waals surface area contributed by atoms with Gasteiger partial charge >= 0.3 is 5.97 Å². The standard InChI is InChI=1S/C16H14N2O4/c1-21-11-3-2-4-12(8-11)22-9-15-17-13-6-5-10(16(19)20)7-14(13)18-15/h2-8H,9H2,1H3,(H,17,18)(H,19,20). The lowest BCUT2D eigenvalue weighted by Crippen LogP contribution is -1.97. The molecule has 6 nitrogen and oxygen atoms in total. The minimum absolute atomic E-state index is 0.219. The van der Waals surface area contributed by atoms with Crippen LogP contribution in [0.25, 0.3) is 11.0 Å². The fourth-order valence-electron chi connectivity index (χ4n) is 2.11. The smallest absolute Gasteiger partial charge is 0.335 e. The average Bonchev–Trinajstić information content (AvgIpc) is 2.95. The summed E-state index contributed by atoms with van der Waals surface area (Å²) in [6, 6.07) is 12.0. The highest BCUT2D eigenvalue weighted by Crippen LogP contribution is 2.20. The van der Waals surface area contributed by atoms with Gasteiger partial charge in [0, 0.05) is 6.07 Å². The Morgan fingerprint density at radius 1 is 1.23 bits per heavy atom. The lowest BCUT2D eigenvalue weighted by atomic mass is 10.2. The summed E-state index contributed by atoms with van der Waals surface area (Å²) in [7, 11) is 1.60. The van der Waals surface area contributed by atoms with Gasteiger partial charge in [0.1, 0.15) is 23.9 Å². The molecule has 0 saturated heterocycles. The summed E-state index contributed by atoms with van der Waals surface area (Å²) in [5.41, 5.74) is 1.59. The summed E-state index contributed by atoms with van der Waals surface area (Å²) in [5.74, 6) is 1.05. The fraction of sp³-hybridized carbons (Fsp3) is 0.125. The number of nitrogens with zero attached hydrogens (tertiary/aromatic N) is 1. The fourth-order valence-corrected chi connectivity index (χ4v) is 2.11. The highest BCUT2D eigenvalue weighted by Gasteiger charge is 2.08. The number of hydrogen-bond donors (Lipinski definition) is 2. The van der Waals surface area contributed by atoms with Crippen LogP contribution in [0, 0.1) is 0 Å². The number of ether oxygens (including phenoxy) is 2. The molecular weight excluding hydrogens is 284 g/mol. The van der Waals surface area contributed by atoms with Gasteiger partial charge in [-0.1, -0.05) is 6.07 Å². The number of aromatic nitrogens is 2. The van der Waals surface area contributed by atoms with E-state index < -0.39 is 5.97 Å². The SMILES string of the molecule is COc1cccc(OCc2nc3ccc(C(=O)O)cc3[nH]2)c1. The molecule has 0 spiro atoms. The molecule has 0 saturated carbocycles. The number of methoxy groups -OCH3 is 1. The molecule has 2 N–H and O–H groups in total. The van der Waals surface area contributed by atoms with Gasteiger partial charge in [-0.15, -0.1) is 0 Å². The maximum atomic E-state index is 11.0. The number of imidazole rings is 1. The van der Waals surface area contributed by atoms with E-state index in [1.807, 2.05) is 18.2 Å². The Balaban J connectivity index is 1.77. The lowest BCUT2D eigenvalue weighted by molar-refractivity contribution is 0.0697. The van der Waals surface area contributed by atoms with E-state index in [-0.39, 0.29) is 12.2 Å². The van der Waals surface area contributed by atoms with E-state index in [0.29, 0.717) is 28.4 Å². The van der Waals surface area contributed by atoms with Crippen molar-refractivity contribution < 1.29 is 19.4 Å². The highest BCUT2D eigenvalue weighted by molar-refractivity contribution is 5.92. The van der Waals surface area contributed by atoms with Crippen LogP contribution in [0.5, 0.6) is 11.5 Å². The Morgan fingerprint density at radius 2 is 2.05 bits per heavy atom. The van der Waals surface area contributed by atoms with E-state index in [1.165, 1.54) is 6.07 Å². The summed E-state index contributed by atoms with van der Waals surface area (Å²) < 4.78 is 10.8. The number of aromatic amines is 1. The summed E-state index contributed by atoms with van der Waals surface area (Å²) in [6.07, 6.45) is 0. The van der Waals surface area contributed by atoms with Gasteiger partial charge in [-0.3, -0.25) is 0 Å². The number of H-pyrrole nitrogens is 1. The maximum Gasteiger partial charge on any atom is 0.335 e. The van der Waals surface area contributed by atoms with Crippen molar-refractivity contribution in [2.45, 2.75) is 6.61 Å². The van der Waals surface area contributed by atoms with Gasteiger partial charge in [0.2, 0.25) is 0 Å². The second-order valence-corrected chi connectivity index (χ2v) is 4.69. The highest BCUT2D eigenvalue weighted by atomic mass is 16.5. The van der Waals surface area contributed by atoms with E-state index in [9.17, 15) is 4.79 Å². The average molecular weight is 298 g/mol. The molecule has 0 atom stereocenters. The minimum Gasteiger partial charge on any atom is -0.497 e. The topological polar surface area (TPSA) is 84.4 Å². The van der Waals surface area contributed by atoms with Crippen molar-refractivity contribution in [3.63, 3.8) is 0 Å². The molecule has 6 heteroatoms. The van der Waals surface area contributed by atoms with Gasteiger partial charge in [0.05, 0.1) is 23.7 Å². The number of carboxylic acid groups (broad SMARTS) is 1. The van der Waals surface area contributed by atoms with Crippen LogP contribution >= 0.6 is 0 Å². The van der Waals surface area contributed by atoms with Crippen LogP contribution in [0.1, 0.15) is 16.2 Å². The van der Waals surface area contributed by atoms with Crippen molar-refractivity contribution in [1.29, 1.82) is 0 Å². The van der Waals surface area contributed by atoms with Crippen molar-refractivity contribution in [2.75, 3.05) is 7.11 Å². The molecule has 1 heterocycles. The Morgan fingerprint density at radius 3 is 2.82 bits per heavy atom. The van der Waals surface area contributed by atoms with Gasteiger partial charge in [-0.2, -0.15) is 0 Å². The molecule has 3 rings (SSSR count). The van der Waals surface area contributed by atoms with Crippen molar-refractivity contribution in [2.24, 2.45) is 0 Å². The number of hydrogen-bond acceptors (Lipinski definition) is 4. The molecule has 0 aliphatic rings. The van der Waals surface area contributed by atoms with Crippen molar-refractivity contribution in [1.82, 2.24) is 9.97 Å². The number of benzene rings is 2. The molecule has 0 unspecified atom stereocenters. The lowest BCUT2D eigenvalue weighted by Gasteiger charge is -2.05. The molecule has 22 heavy (non-hydrogen) atoms. The van der Waals surface area contributed by atoms with E-state index in [4.69, 9.17) is 14.6 Å². The third-order valence-corrected chi connectivity index (χ3v) is 3.19. The minimum atomic E-state index is -0.967. The number of fused-ring (bicyclic) bond motifs is 1. The van der Waals surface area contributed by atoms with Crippen molar-refractivity contribution in [3.05, 3.63) is 53.9 Å². The molecule has 0 radical (unpaired) electrons. The molecule has 112 valence electrons. The second kappa shape index (κ2) is 5.77. The molecule has 0 aliphatic heterocycles. The van der Waals surface area contributed by atoms with E-state index in [0.717, 1.165) is 0 Å². The summed E-state index contributed by atoms with van der Waals surface area (Å²) >= 11 is 0. The summed E-state index contributed by atoms with van der Waals surface area (Å²) in [5, 5.41) is 8.98. The third kappa shape index (κ3) is 2.85. The predicted octanol–water partition coefficient (Wildman–Crippen LogP) is 2.85. The van der Waals surface area contributed by atoms with Gasteiger partial charge in [0.15, 0.2) is 0 Å². The zero-order valence-electron chi connectivity index (χ0n) is 11.9. The van der Waals surface area contributed by atoms with Crippen molar-refractivity contribution >= 4 is 17.0 Å². The molecule has 0 bridgehead atoms. The van der Waals surface area contributed by atoms with E-state index in [1.54, 1.807) is 25.3 Å². The Bertz CT molecular complexity index is 826. The van der Waals surface area contributed by atoms with Crippen LogP contribution in [0.15, 0.2) is 42.5 Å². The Hall–Kier alpha value is -3.02. The number of aromatic carboxylic acids is 1. The van der Waals surface area contributed by atoms with E-state index in [2.05, 4.69) is 9.97 Å². The van der Waals surface area contributed by atoms with Crippen molar-refractivity contribution in [3.8, 4) is 11.5 Å². The first-order valence-corrected chi connectivity index (χ1v) is 6.64. The van der Waals surface area contributed by atoms with Crippen LogP contribution in [0.2, 0.25) is 0 Å². The monoisotopic (exact) mass is 298 g/mol. The number of carboxylic acids is 1. The molecule has 0 fully saturated rings. The molecule has 1 aromatic heterocycles. The second-order valence-electron chi connectivity index (χ2n) is 4.69. The largest absolute Gasteiger partial charge is 0.497 e. The van der Waals surface area contributed by atoms with Gasteiger partial charge in [-0.25, -0.2) is 9.78 Å². The first kappa shape index (κ1) is 13.9. The molecule has 2 aromatic carbocycles. The first-order chi connectivity index (χ1) is 10.7. The first-order valence-electron chi connectivity index (χ1n) is 6.64. The number of nitrogens with one attached hydrogen (secondary N) is 1. The predicted molar refractivity (Wildman–Crippen MR) is 80.4 cm³/mol. The Labute approximate surface area is 126 Å². The van der Waals surface area contributed by atoms with Gasteiger partial charge in [0.25, 0.3) is 0 Å². The zero-order valence-corrected chi connectivity index (χ0v) is 11.9. The number of rotatable bonds is 5. The van der Waals surface area contributed by atoms with Crippen LogP contribution in [0.4, 0.5) is 0 Å². The zero-order chi connectivity index (χ0) is 15.5. The molecule has 0 amide bonds. The van der Waals surface area contributed by atoms with Crippen LogP contribution in [-0.4, -0.2) is 28.2 Å². The maximum absolute atomic E-state index is 11.0. The summed E-state index contributed by atoms with van der Waals surface area (Å²) in [6.45, 7) is 0.254. The van der Waals surface area contributed by atoms with Gasteiger partial charge < -0.3 is 19.6 Å². The van der Waals surface area contributed by atoms with Gasteiger partial charge in [-0.05, 0) is 30.3 Å². The third-order valence-electron chi connectivity index (χ3n) is 3.19. The van der Waals surface area contributed by atoms with E-state index >= 15 is 0 Å². The van der Waals surface area contributed by atoms with Crippen LogP contribution < -0.4 is 9.47 Å². The normalized spacial score (nSPS) is 10.6. The Kier molecular flexibility index (Phi) is 3.65. The van der Waals surface area contributed by atoms with Crippen LogP contribution in [0.3, 0.4) is 0 Å².